The molecular weight excluding hydrogens is 500 g/mol. The van der Waals surface area contributed by atoms with Crippen molar-refractivity contribution in [3.05, 3.63) is 54.0 Å². The molecule has 6 rings (SSSR count). The molecule has 4 N–H and O–H groups in total. The second kappa shape index (κ2) is 8.62. The number of hydrogen-bond donors (Lipinski definition) is 3. The lowest BCUT2D eigenvalue weighted by atomic mass is 9.53. The molecule has 2 amide bonds. The Kier molecular flexibility index (Phi) is 5.56. The minimum atomic E-state index is -2.85. The van der Waals surface area contributed by atoms with E-state index in [0.29, 0.717) is 16.8 Å². The molecule has 3 aliphatic carbocycles. The number of nitrogens with two attached hydrogens (primary N) is 1. The molecule has 3 fully saturated rings. The molecule has 0 unspecified atom stereocenters. The molecule has 3 aliphatic rings. The van der Waals surface area contributed by atoms with Crippen LogP contribution in [0.15, 0.2) is 42.9 Å². The minimum absolute atomic E-state index is 0.0402. The van der Waals surface area contributed by atoms with Gasteiger partial charge in [0.25, 0.3) is 17.7 Å². The summed E-state index contributed by atoms with van der Waals surface area (Å²) >= 11 is 0. The second-order valence-corrected chi connectivity index (χ2v) is 10.9. The van der Waals surface area contributed by atoms with Crippen LogP contribution in [0.2, 0.25) is 0 Å². The van der Waals surface area contributed by atoms with Crippen molar-refractivity contribution in [3.63, 3.8) is 0 Å². The van der Waals surface area contributed by atoms with Gasteiger partial charge in [-0.15, -0.1) is 0 Å². The molecule has 10 nitrogen and oxygen atoms in total. The van der Waals surface area contributed by atoms with E-state index in [1.807, 2.05) is 0 Å². The number of nitrogens with one attached hydrogen (secondary N) is 1. The summed E-state index contributed by atoms with van der Waals surface area (Å²) in [5, 5.41) is 17.4. The highest BCUT2D eigenvalue weighted by molar-refractivity contribution is 6.00. The van der Waals surface area contributed by atoms with Crippen molar-refractivity contribution in [3.8, 4) is 11.6 Å². The van der Waals surface area contributed by atoms with Crippen LogP contribution in [0.25, 0.3) is 5.52 Å². The van der Waals surface area contributed by atoms with E-state index < -0.39 is 30.3 Å². The van der Waals surface area contributed by atoms with Crippen molar-refractivity contribution in [1.29, 1.82) is 0 Å². The number of aromatic nitrogens is 3. The first-order chi connectivity index (χ1) is 18.0. The zero-order chi connectivity index (χ0) is 26.7. The summed E-state index contributed by atoms with van der Waals surface area (Å²) in [4.78, 5) is 28.6. The number of aliphatic hydroxyl groups is 1. The van der Waals surface area contributed by atoms with Gasteiger partial charge in [-0.1, -0.05) is 0 Å². The standard InChI is InChI=1S/C26H27F2N5O5/c27-26(28)12-25(36,13-26)14-37-16-3-4-20-19(10-31-33(20)11-16)22(35)32-15-6-24(7-15)8-17(9-24)38-23-18(21(29)34)2-1-5-30-23/h1-5,10-11,15,17,36H,6-9,12-14H2,(H2,29,34)(H,32,35). The molecule has 0 aliphatic heterocycles. The Labute approximate surface area is 216 Å². The Morgan fingerprint density at radius 3 is 2.63 bits per heavy atom. The molecule has 3 saturated carbocycles. The summed E-state index contributed by atoms with van der Waals surface area (Å²) in [6, 6.07) is 6.55. The number of carbonyl (C=O) groups excluding carboxylic acids is 2. The molecule has 12 heteroatoms. The normalized spacial score (nSPS) is 26.6. The van der Waals surface area contributed by atoms with Gasteiger partial charge in [-0.25, -0.2) is 18.3 Å². The summed E-state index contributed by atoms with van der Waals surface area (Å²) in [6.45, 7) is -0.244. The van der Waals surface area contributed by atoms with Gasteiger partial charge in [0.2, 0.25) is 5.88 Å². The van der Waals surface area contributed by atoms with Crippen LogP contribution in [0.1, 0.15) is 59.2 Å². The number of fused-ring (bicyclic) bond motifs is 1. The molecule has 200 valence electrons. The predicted molar refractivity (Wildman–Crippen MR) is 129 cm³/mol. The van der Waals surface area contributed by atoms with Crippen LogP contribution in [0.5, 0.6) is 11.6 Å². The molecule has 0 atom stereocenters. The van der Waals surface area contributed by atoms with E-state index in [4.69, 9.17) is 15.2 Å². The molecule has 3 aromatic heterocycles. The number of alkyl halides is 2. The highest BCUT2D eigenvalue weighted by atomic mass is 19.3. The van der Waals surface area contributed by atoms with E-state index in [0.717, 1.165) is 25.7 Å². The number of amides is 2. The molecule has 0 bridgehead atoms. The van der Waals surface area contributed by atoms with Gasteiger partial charge in [0.05, 0.1) is 23.5 Å². The summed E-state index contributed by atoms with van der Waals surface area (Å²) in [5.41, 5.74) is 5.23. The van der Waals surface area contributed by atoms with Gasteiger partial charge >= 0.3 is 0 Å². The number of ether oxygens (including phenoxy) is 2. The maximum Gasteiger partial charge on any atom is 0.255 e. The van der Waals surface area contributed by atoms with Crippen LogP contribution in [-0.2, 0) is 0 Å². The first-order valence-electron chi connectivity index (χ1n) is 12.4. The lowest BCUT2D eigenvalue weighted by Crippen LogP contribution is -2.58. The maximum absolute atomic E-state index is 13.1. The van der Waals surface area contributed by atoms with Crippen LogP contribution >= 0.6 is 0 Å². The molecular formula is C26H27F2N5O5. The smallest absolute Gasteiger partial charge is 0.255 e. The van der Waals surface area contributed by atoms with Crippen LogP contribution < -0.4 is 20.5 Å². The van der Waals surface area contributed by atoms with Gasteiger partial charge in [0.15, 0.2) is 0 Å². The Hall–Kier alpha value is -3.80. The zero-order valence-electron chi connectivity index (χ0n) is 20.4. The summed E-state index contributed by atoms with van der Waals surface area (Å²) in [7, 11) is 0. The van der Waals surface area contributed by atoms with Crippen molar-refractivity contribution in [2.24, 2.45) is 11.1 Å². The van der Waals surface area contributed by atoms with Crippen LogP contribution in [0.3, 0.4) is 0 Å². The van der Waals surface area contributed by atoms with E-state index in [1.54, 1.807) is 36.7 Å². The molecule has 0 saturated heterocycles. The third-order valence-electron chi connectivity index (χ3n) is 7.75. The third kappa shape index (κ3) is 4.53. The fraction of sp³-hybridized carbons (Fsp3) is 0.462. The number of nitrogens with zero attached hydrogens (tertiary/aromatic N) is 3. The summed E-state index contributed by atoms with van der Waals surface area (Å²) < 4.78 is 39.0. The average molecular weight is 528 g/mol. The Morgan fingerprint density at radius 2 is 1.92 bits per heavy atom. The summed E-state index contributed by atoms with van der Waals surface area (Å²) in [6.07, 6.45) is 6.60. The highest BCUT2D eigenvalue weighted by Gasteiger charge is 2.56. The van der Waals surface area contributed by atoms with E-state index in [1.165, 1.54) is 10.7 Å². The van der Waals surface area contributed by atoms with E-state index in [9.17, 15) is 23.5 Å². The van der Waals surface area contributed by atoms with Gasteiger partial charge in [-0.05, 0) is 55.4 Å². The SMILES string of the molecule is NC(=O)c1cccnc1OC1CC2(CC(NC(=O)c3cnn4cc(OCC5(O)CC(F)(F)C5)ccc34)C2)C1. The van der Waals surface area contributed by atoms with Gasteiger partial charge in [-0.3, -0.25) is 9.59 Å². The van der Waals surface area contributed by atoms with Crippen LogP contribution in [0, 0.1) is 5.41 Å². The van der Waals surface area contributed by atoms with Crippen LogP contribution in [-0.4, -0.2) is 61.8 Å². The Balaban J connectivity index is 0.996. The van der Waals surface area contributed by atoms with Gasteiger partial charge in [0, 0.05) is 25.1 Å². The number of carbonyl (C=O) groups is 2. The van der Waals surface area contributed by atoms with Crippen molar-refractivity contribution < 1.29 is 33.0 Å². The Bertz CT molecular complexity index is 1400. The van der Waals surface area contributed by atoms with Crippen molar-refractivity contribution >= 4 is 17.3 Å². The fourth-order valence-corrected chi connectivity index (χ4v) is 5.96. The van der Waals surface area contributed by atoms with Crippen molar-refractivity contribution in [2.75, 3.05) is 6.61 Å². The monoisotopic (exact) mass is 527 g/mol. The third-order valence-corrected chi connectivity index (χ3v) is 7.75. The number of pyridine rings is 2. The van der Waals surface area contributed by atoms with Gasteiger partial charge < -0.3 is 25.6 Å². The van der Waals surface area contributed by atoms with Crippen molar-refractivity contribution in [2.45, 2.75) is 62.2 Å². The number of rotatable bonds is 8. The van der Waals surface area contributed by atoms with Crippen molar-refractivity contribution in [1.82, 2.24) is 19.9 Å². The number of halogens is 2. The quantitative estimate of drug-likeness (QED) is 0.409. The van der Waals surface area contributed by atoms with E-state index >= 15 is 0 Å². The Morgan fingerprint density at radius 1 is 1.16 bits per heavy atom. The zero-order valence-corrected chi connectivity index (χ0v) is 20.4. The maximum atomic E-state index is 13.1. The fourth-order valence-electron chi connectivity index (χ4n) is 5.96. The number of primary amides is 1. The largest absolute Gasteiger partial charge is 0.489 e. The predicted octanol–water partition coefficient (Wildman–Crippen LogP) is 2.49. The highest BCUT2D eigenvalue weighted by Crippen LogP contribution is 2.56. The molecule has 0 aromatic carbocycles. The molecule has 38 heavy (non-hydrogen) atoms. The summed E-state index contributed by atoms with van der Waals surface area (Å²) in [5.74, 6) is -3.05. The van der Waals surface area contributed by atoms with E-state index in [-0.39, 0.29) is 41.5 Å². The van der Waals surface area contributed by atoms with Gasteiger partial charge in [-0.2, -0.15) is 5.10 Å². The number of hydrogen-bond acceptors (Lipinski definition) is 7. The van der Waals surface area contributed by atoms with Gasteiger partial charge in [0.1, 0.15) is 29.6 Å². The van der Waals surface area contributed by atoms with Crippen LogP contribution in [0.4, 0.5) is 8.78 Å². The minimum Gasteiger partial charge on any atom is -0.489 e. The second-order valence-electron chi connectivity index (χ2n) is 10.9. The first-order valence-corrected chi connectivity index (χ1v) is 12.4. The molecule has 3 heterocycles. The van der Waals surface area contributed by atoms with E-state index in [2.05, 4.69) is 15.4 Å². The molecule has 1 spiro atoms. The first kappa shape index (κ1) is 24.5. The topological polar surface area (TPSA) is 141 Å². The lowest BCUT2D eigenvalue weighted by molar-refractivity contribution is -0.215. The average Bonchev–Trinajstić information content (AvgIpc) is 3.22. The molecule has 0 radical (unpaired) electrons. The lowest BCUT2D eigenvalue weighted by Gasteiger charge is -2.57. The molecule has 3 aromatic rings.